The molecular formula is C22H28O6. The first-order valence-corrected chi connectivity index (χ1v) is 8.96. The van der Waals surface area contributed by atoms with E-state index in [2.05, 4.69) is 0 Å². The monoisotopic (exact) mass is 388 g/mol. The number of allylic oxidation sites excluding steroid dienone is 1. The van der Waals surface area contributed by atoms with Crippen LogP contribution in [0.5, 0.6) is 34.5 Å². The zero-order valence-corrected chi connectivity index (χ0v) is 17.2. The van der Waals surface area contributed by atoms with Gasteiger partial charge in [0.15, 0.2) is 23.0 Å². The Bertz CT molecular complexity index is 778. The number of phenolic OH excluding ortho intramolecular Hbond substituents is 1. The molecule has 0 aromatic heterocycles. The standard InChI is InChI=1S/C22H28O6/c1-7-8-15-10-19(26-5)22(20(11-15)27-6)28-14(2)9-16-12-17(24-3)21(23)18(13-16)25-4/h7-8,10-14,23H,9H2,1-6H3/b8-7+/t14-/m0/s1. The van der Waals surface area contributed by atoms with Gasteiger partial charge in [-0.05, 0) is 49.2 Å². The van der Waals surface area contributed by atoms with Crippen LogP contribution in [0.1, 0.15) is 25.0 Å². The summed E-state index contributed by atoms with van der Waals surface area (Å²) < 4.78 is 27.6. The van der Waals surface area contributed by atoms with Gasteiger partial charge in [0.2, 0.25) is 11.5 Å². The summed E-state index contributed by atoms with van der Waals surface area (Å²) in [6.07, 6.45) is 4.28. The Morgan fingerprint density at radius 3 is 1.79 bits per heavy atom. The number of rotatable bonds is 9. The van der Waals surface area contributed by atoms with Crippen LogP contribution in [-0.4, -0.2) is 39.6 Å². The van der Waals surface area contributed by atoms with Crippen molar-refractivity contribution in [2.24, 2.45) is 0 Å². The molecule has 1 atom stereocenters. The van der Waals surface area contributed by atoms with Crippen molar-refractivity contribution < 1.29 is 28.8 Å². The highest BCUT2D eigenvalue weighted by atomic mass is 16.5. The lowest BCUT2D eigenvalue weighted by molar-refractivity contribution is 0.201. The Morgan fingerprint density at radius 2 is 1.36 bits per heavy atom. The first-order chi connectivity index (χ1) is 13.5. The van der Waals surface area contributed by atoms with Crippen molar-refractivity contribution >= 4 is 6.08 Å². The second-order valence-electron chi connectivity index (χ2n) is 6.24. The molecular weight excluding hydrogens is 360 g/mol. The molecule has 0 heterocycles. The van der Waals surface area contributed by atoms with Gasteiger partial charge in [-0.2, -0.15) is 0 Å². The third-order valence-electron chi connectivity index (χ3n) is 4.22. The lowest BCUT2D eigenvalue weighted by atomic mass is 10.1. The zero-order chi connectivity index (χ0) is 20.7. The van der Waals surface area contributed by atoms with E-state index in [1.807, 2.05) is 38.1 Å². The smallest absolute Gasteiger partial charge is 0.203 e. The average Bonchev–Trinajstić information content (AvgIpc) is 2.69. The van der Waals surface area contributed by atoms with Crippen molar-refractivity contribution in [3.63, 3.8) is 0 Å². The van der Waals surface area contributed by atoms with Crippen LogP contribution in [0.2, 0.25) is 0 Å². The molecule has 0 radical (unpaired) electrons. The summed E-state index contributed by atoms with van der Waals surface area (Å²) in [7, 11) is 6.20. The molecule has 2 aromatic carbocycles. The normalized spacial score (nSPS) is 11.9. The highest BCUT2D eigenvalue weighted by molar-refractivity contribution is 5.62. The maximum atomic E-state index is 10.1. The van der Waals surface area contributed by atoms with Crippen LogP contribution in [0.4, 0.5) is 0 Å². The fraction of sp³-hybridized carbons (Fsp3) is 0.364. The maximum absolute atomic E-state index is 10.1. The molecule has 2 rings (SSSR count). The van der Waals surface area contributed by atoms with Crippen molar-refractivity contribution in [2.45, 2.75) is 26.4 Å². The van der Waals surface area contributed by atoms with Crippen molar-refractivity contribution in [2.75, 3.05) is 28.4 Å². The van der Waals surface area contributed by atoms with E-state index in [0.29, 0.717) is 35.2 Å². The molecule has 0 aliphatic heterocycles. The first kappa shape index (κ1) is 21.3. The summed E-state index contributed by atoms with van der Waals surface area (Å²) in [5, 5.41) is 10.1. The molecule has 6 nitrogen and oxygen atoms in total. The predicted octanol–water partition coefficient (Wildman–Crippen LogP) is 4.47. The molecule has 0 bridgehead atoms. The lowest BCUT2D eigenvalue weighted by Gasteiger charge is -2.20. The van der Waals surface area contributed by atoms with Crippen molar-refractivity contribution in [1.82, 2.24) is 0 Å². The molecule has 6 heteroatoms. The van der Waals surface area contributed by atoms with E-state index in [4.69, 9.17) is 23.7 Å². The van der Waals surface area contributed by atoms with E-state index in [1.54, 1.807) is 26.4 Å². The number of hydrogen-bond donors (Lipinski definition) is 1. The highest BCUT2D eigenvalue weighted by Crippen LogP contribution is 2.41. The van der Waals surface area contributed by atoms with Crippen LogP contribution >= 0.6 is 0 Å². The Hall–Kier alpha value is -3.02. The minimum absolute atomic E-state index is 0.0229. The Labute approximate surface area is 166 Å². The van der Waals surface area contributed by atoms with E-state index in [9.17, 15) is 5.11 Å². The molecule has 0 unspecified atom stereocenters. The summed E-state index contributed by atoms with van der Waals surface area (Å²) in [6, 6.07) is 7.33. The first-order valence-electron chi connectivity index (χ1n) is 8.96. The van der Waals surface area contributed by atoms with Gasteiger partial charge in [0.25, 0.3) is 0 Å². The fourth-order valence-electron chi connectivity index (χ4n) is 2.95. The largest absolute Gasteiger partial charge is 0.502 e. The number of ether oxygens (including phenoxy) is 5. The van der Waals surface area contributed by atoms with E-state index < -0.39 is 0 Å². The van der Waals surface area contributed by atoms with E-state index >= 15 is 0 Å². The van der Waals surface area contributed by atoms with Crippen LogP contribution in [0.25, 0.3) is 6.08 Å². The minimum atomic E-state index is -0.200. The zero-order valence-electron chi connectivity index (χ0n) is 17.2. The molecule has 0 aliphatic rings. The van der Waals surface area contributed by atoms with Crippen LogP contribution in [0.3, 0.4) is 0 Å². The summed E-state index contributed by atoms with van der Waals surface area (Å²) in [4.78, 5) is 0. The number of aromatic hydroxyl groups is 1. The highest BCUT2D eigenvalue weighted by Gasteiger charge is 2.18. The van der Waals surface area contributed by atoms with Gasteiger partial charge in [-0.25, -0.2) is 0 Å². The Morgan fingerprint density at radius 1 is 0.857 bits per heavy atom. The molecule has 1 N–H and O–H groups in total. The lowest BCUT2D eigenvalue weighted by Crippen LogP contribution is -2.16. The number of hydrogen-bond acceptors (Lipinski definition) is 6. The van der Waals surface area contributed by atoms with Crippen molar-refractivity contribution in [3.8, 4) is 34.5 Å². The summed E-state index contributed by atoms with van der Waals surface area (Å²) in [6.45, 7) is 3.90. The maximum Gasteiger partial charge on any atom is 0.203 e. The van der Waals surface area contributed by atoms with E-state index in [1.165, 1.54) is 14.2 Å². The third-order valence-corrected chi connectivity index (χ3v) is 4.22. The Balaban J connectivity index is 2.29. The summed E-state index contributed by atoms with van der Waals surface area (Å²) in [5.41, 5.74) is 1.87. The molecule has 0 saturated carbocycles. The van der Waals surface area contributed by atoms with Gasteiger partial charge in [0.05, 0.1) is 28.4 Å². The van der Waals surface area contributed by atoms with Crippen LogP contribution in [0.15, 0.2) is 30.3 Å². The molecule has 0 aliphatic carbocycles. The molecule has 2 aromatic rings. The van der Waals surface area contributed by atoms with Gasteiger partial charge < -0.3 is 28.8 Å². The van der Waals surface area contributed by atoms with Crippen molar-refractivity contribution in [3.05, 3.63) is 41.5 Å². The molecule has 0 fully saturated rings. The second-order valence-corrected chi connectivity index (χ2v) is 6.24. The van der Waals surface area contributed by atoms with Gasteiger partial charge in [0.1, 0.15) is 6.10 Å². The van der Waals surface area contributed by atoms with Crippen LogP contribution in [-0.2, 0) is 6.42 Å². The van der Waals surface area contributed by atoms with Crippen LogP contribution < -0.4 is 23.7 Å². The molecule has 0 saturated heterocycles. The fourth-order valence-corrected chi connectivity index (χ4v) is 2.95. The molecule has 0 amide bonds. The van der Waals surface area contributed by atoms with Gasteiger partial charge in [-0.1, -0.05) is 12.2 Å². The topological polar surface area (TPSA) is 66.4 Å². The Kier molecular flexibility index (Phi) is 7.44. The molecule has 28 heavy (non-hydrogen) atoms. The number of phenols is 1. The third kappa shape index (κ3) is 4.82. The van der Waals surface area contributed by atoms with Gasteiger partial charge in [-0.15, -0.1) is 0 Å². The van der Waals surface area contributed by atoms with E-state index in [-0.39, 0.29) is 11.9 Å². The predicted molar refractivity (Wildman–Crippen MR) is 109 cm³/mol. The number of methoxy groups -OCH3 is 4. The molecule has 0 spiro atoms. The minimum Gasteiger partial charge on any atom is -0.502 e. The molecule has 152 valence electrons. The van der Waals surface area contributed by atoms with Crippen LogP contribution in [0, 0.1) is 0 Å². The quantitative estimate of drug-likeness (QED) is 0.684. The van der Waals surface area contributed by atoms with Gasteiger partial charge >= 0.3 is 0 Å². The SMILES string of the molecule is C/C=C/c1cc(OC)c(O[C@@H](C)Cc2cc(OC)c(O)c(OC)c2)c(OC)c1. The second kappa shape index (κ2) is 9.78. The average molecular weight is 388 g/mol. The number of benzene rings is 2. The van der Waals surface area contributed by atoms with Crippen molar-refractivity contribution in [1.29, 1.82) is 0 Å². The van der Waals surface area contributed by atoms with E-state index in [0.717, 1.165) is 11.1 Å². The summed E-state index contributed by atoms with van der Waals surface area (Å²) in [5.74, 6) is 2.42. The van der Waals surface area contributed by atoms with Gasteiger partial charge in [0, 0.05) is 6.42 Å². The summed E-state index contributed by atoms with van der Waals surface area (Å²) >= 11 is 0. The van der Waals surface area contributed by atoms with Gasteiger partial charge in [-0.3, -0.25) is 0 Å².